The second-order valence-electron chi connectivity index (χ2n) is 3.70. The molecule has 0 unspecified atom stereocenters. The van der Waals surface area contributed by atoms with E-state index in [1.165, 1.54) is 12.0 Å². The molecule has 0 atom stereocenters. The number of hydrogen-bond acceptors (Lipinski definition) is 3. The van der Waals surface area contributed by atoms with Crippen molar-refractivity contribution in [3.63, 3.8) is 0 Å². The summed E-state index contributed by atoms with van der Waals surface area (Å²) in [4.78, 5) is 13.4. The summed E-state index contributed by atoms with van der Waals surface area (Å²) in [6, 6.07) is 2.86. The van der Waals surface area contributed by atoms with E-state index in [2.05, 4.69) is 0 Å². The fourth-order valence-corrected chi connectivity index (χ4v) is 1.51. The zero-order chi connectivity index (χ0) is 13.5. The van der Waals surface area contributed by atoms with Crippen molar-refractivity contribution < 1.29 is 18.3 Å². The first kappa shape index (κ1) is 14.5. The number of hydrogen-bond donors (Lipinski definition) is 1. The molecule has 0 aliphatic rings. The molecule has 1 amide bonds. The maximum Gasteiger partial charge on any atom is 0.256 e. The van der Waals surface area contributed by atoms with Crippen LogP contribution in [0.15, 0.2) is 18.2 Å². The van der Waals surface area contributed by atoms with Crippen molar-refractivity contribution in [3.8, 4) is 0 Å². The van der Waals surface area contributed by atoms with Crippen LogP contribution in [0.4, 0.5) is 8.78 Å². The zero-order valence-corrected chi connectivity index (χ0v) is 10.2. The highest BCUT2D eigenvalue weighted by Gasteiger charge is 2.18. The Balaban J connectivity index is 2.87. The maximum absolute atomic E-state index is 13.5. The van der Waals surface area contributed by atoms with Crippen LogP contribution >= 0.6 is 0 Å². The third-order valence-corrected chi connectivity index (χ3v) is 2.41. The SMILES string of the molecule is COCCN(CCN)C(=O)c1ccc(F)cc1F. The highest BCUT2D eigenvalue weighted by molar-refractivity contribution is 5.94. The van der Waals surface area contributed by atoms with Gasteiger partial charge in [-0.3, -0.25) is 4.79 Å². The monoisotopic (exact) mass is 258 g/mol. The first-order valence-electron chi connectivity index (χ1n) is 5.53. The highest BCUT2D eigenvalue weighted by atomic mass is 19.1. The fourth-order valence-electron chi connectivity index (χ4n) is 1.51. The summed E-state index contributed by atoms with van der Waals surface area (Å²) in [7, 11) is 1.50. The summed E-state index contributed by atoms with van der Waals surface area (Å²) in [5.74, 6) is -2.11. The Morgan fingerprint density at radius 2 is 2.11 bits per heavy atom. The molecule has 4 nitrogen and oxygen atoms in total. The Hall–Kier alpha value is -1.53. The van der Waals surface area contributed by atoms with Crippen molar-refractivity contribution in [1.29, 1.82) is 0 Å². The number of carbonyl (C=O) groups is 1. The van der Waals surface area contributed by atoms with Gasteiger partial charge in [0.2, 0.25) is 0 Å². The van der Waals surface area contributed by atoms with E-state index in [0.717, 1.165) is 12.1 Å². The lowest BCUT2D eigenvalue weighted by Gasteiger charge is -2.21. The molecule has 0 aliphatic heterocycles. The van der Waals surface area contributed by atoms with Crippen LogP contribution in [0.5, 0.6) is 0 Å². The van der Waals surface area contributed by atoms with Gasteiger partial charge in [-0.15, -0.1) is 0 Å². The molecule has 6 heteroatoms. The van der Waals surface area contributed by atoms with Gasteiger partial charge in [0.05, 0.1) is 12.2 Å². The summed E-state index contributed by atoms with van der Waals surface area (Å²) < 4.78 is 31.1. The largest absolute Gasteiger partial charge is 0.383 e. The van der Waals surface area contributed by atoms with Gasteiger partial charge in [0, 0.05) is 32.8 Å². The van der Waals surface area contributed by atoms with E-state index in [-0.39, 0.29) is 12.1 Å². The lowest BCUT2D eigenvalue weighted by molar-refractivity contribution is 0.0697. The number of carbonyl (C=O) groups excluding carboxylic acids is 1. The van der Waals surface area contributed by atoms with Crippen LogP contribution in [0.1, 0.15) is 10.4 Å². The molecule has 1 aromatic rings. The molecule has 2 N–H and O–H groups in total. The van der Waals surface area contributed by atoms with Gasteiger partial charge in [-0.2, -0.15) is 0 Å². The van der Waals surface area contributed by atoms with Crippen LogP contribution in [0, 0.1) is 11.6 Å². The van der Waals surface area contributed by atoms with Crippen molar-refractivity contribution in [2.45, 2.75) is 0 Å². The van der Waals surface area contributed by atoms with E-state index < -0.39 is 17.5 Å². The number of ether oxygens (including phenoxy) is 1. The summed E-state index contributed by atoms with van der Waals surface area (Å²) in [6.45, 7) is 1.19. The number of nitrogens with zero attached hydrogens (tertiary/aromatic N) is 1. The quantitative estimate of drug-likeness (QED) is 0.828. The van der Waals surface area contributed by atoms with Gasteiger partial charge in [0.15, 0.2) is 0 Å². The second-order valence-corrected chi connectivity index (χ2v) is 3.70. The van der Waals surface area contributed by atoms with Gasteiger partial charge < -0.3 is 15.4 Å². The van der Waals surface area contributed by atoms with Gasteiger partial charge >= 0.3 is 0 Å². The lowest BCUT2D eigenvalue weighted by atomic mass is 10.1. The normalized spacial score (nSPS) is 10.4. The predicted molar refractivity (Wildman–Crippen MR) is 63.2 cm³/mol. The molecule has 0 aliphatic carbocycles. The van der Waals surface area contributed by atoms with Gasteiger partial charge in [-0.1, -0.05) is 0 Å². The number of amides is 1. The Morgan fingerprint density at radius 3 is 2.67 bits per heavy atom. The number of halogens is 2. The molecule has 18 heavy (non-hydrogen) atoms. The average Bonchev–Trinajstić information content (AvgIpc) is 2.33. The number of benzene rings is 1. The van der Waals surface area contributed by atoms with Crippen molar-refractivity contribution in [1.82, 2.24) is 4.90 Å². The van der Waals surface area contributed by atoms with Crippen LogP contribution in [0.3, 0.4) is 0 Å². The van der Waals surface area contributed by atoms with Crippen molar-refractivity contribution in [2.24, 2.45) is 5.73 Å². The summed E-state index contributed by atoms with van der Waals surface area (Å²) in [6.07, 6.45) is 0. The molecule has 0 fully saturated rings. The van der Waals surface area contributed by atoms with E-state index in [1.807, 2.05) is 0 Å². The Bertz CT molecular complexity index is 413. The Kier molecular flexibility index (Phi) is 5.67. The summed E-state index contributed by atoms with van der Waals surface area (Å²) in [5, 5.41) is 0. The van der Waals surface area contributed by atoms with Crippen LogP contribution in [0.2, 0.25) is 0 Å². The van der Waals surface area contributed by atoms with Gasteiger partial charge in [0.25, 0.3) is 5.91 Å². The standard InChI is InChI=1S/C12H16F2N2O2/c1-18-7-6-16(5-4-15)12(17)10-3-2-9(13)8-11(10)14/h2-3,8H,4-7,15H2,1H3. The van der Waals surface area contributed by atoms with Crippen LogP contribution < -0.4 is 5.73 Å². The second kappa shape index (κ2) is 7.03. The highest BCUT2D eigenvalue weighted by Crippen LogP contribution is 2.12. The number of nitrogens with two attached hydrogens (primary N) is 1. The van der Waals surface area contributed by atoms with Crippen molar-refractivity contribution >= 4 is 5.91 Å². The van der Waals surface area contributed by atoms with Crippen molar-refractivity contribution in [3.05, 3.63) is 35.4 Å². The fraction of sp³-hybridized carbons (Fsp3) is 0.417. The van der Waals surface area contributed by atoms with E-state index >= 15 is 0 Å². The number of methoxy groups -OCH3 is 1. The van der Waals surface area contributed by atoms with Crippen LogP contribution in [-0.4, -0.2) is 44.2 Å². The third kappa shape index (κ3) is 3.75. The number of rotatable bonds is 6. The maximum atomic E-state index is 13.5. The minimum atomic E-state index is -0.876. The van der Waals surface area contributed by atoms with E-state index in [4.69, 9.17) is 10.5 Å². The van der Waals surface area contributed by atoms with Gasteiger partial charge in [0.1, 0.15) is 11.6 Å². The minimum absolute atomic E-state index is 0.166. The third-order valence-electron chi connectivity index (χ3n) is 2.41. The topological polar surface area (TPSA) is 55.6 Å². The van der Waals surface area contributed by atoms with Crippen LogP contribution in [0.25, 0.3) is 0 Å². The molecule has 0 bridgehead atoms. The van der Waals surface area contributed by atoms with Gasteiger partial charge in [-0.25, -0.2) is 8.78 Å². The van der Waals surface area contributed by atoms with E-state index in [9.17, 15) is 13.6 Å². The Labute approximate surface area is 104 Å². The summed E-state index contributed by atoms with van der Waals surface area (Å²) in [5.41, 5.74) is 5.22. The molecule has 0 heterocycles. The average molecular weight is 258 g/mol. The van der Waals surface area contributed by atoms with E-state index in [0.29, 0.717) is 25.8 Å². The summed E-state index contributed by atoms with van der Waals surface area (Å²) >= 11 is 0. The van der Waals surface area contributed by atoms with Crippen molar-refractivity contribution in [2.75, 3.05) is 33.4 Å². The molecule has 0 saturated heterocycles. The molecule has 1 rings (SSSR count). The van der Waals surface area contributed by atoms with Gasteiger partial charge in [-0.05, 0) is 12.1 Å². The molecule has 1 aromatic carbocycles. The molecule has 100 valence electrons. The first-order valence-corrected chi connectivity index (χ1v) is 5.53. The molecule has 0 spiro atoms. The molecule has 0 saturated carbocycles. The predicted octanol–water partition coefficient (Wildman–Crippen LogP) is 1.01. The zero-order valence-electron chi connectivity index (χ0n) is 10.2. The Morgan fingerprint density at radius 1 is 1.39 bits per heavy atom. The van der Waals surface area contributed by atoms with Crippen LogP contribution in [-0.2, 0) is 4.74 Å². The molecular formula is C12H16F2N2O2. The minimum Gasteiger partial charge on any atom is -0.383 e. The van der Waals surface area contributed by atoms with E-state index in [1.54, 1.807) is 0 Å². The smallest absolute Gasteiger partial charge is 0.256 e. The molecule has 0 radical (unpaired) electrons. The lowest BCUT2D eigenvalue weighted by Crippen LogP contribution is -2.38. The molecular weight excluding hydrogens is 242 g/mol. The molecule has 0 aromatic heterocycles. The first-order chi connectivity index (χ1) is 8.60.